The highest BCUT2D eigenvalue weighted by atomic mass is 16.5. The Morgan fingerprint density at radius 2 is 1.11 bits per heavy atom. The predicted octanol–water partition coefficient (Wildman–Crippen LogP) is 12.2. The highest BCUT2D eigenvalue weighted by molar-refractivity contribution is 6.19. The van der Waals surface area contributed by atoms with E-state index in [0.717, 1.165) is 55.5 Å². The molecular weight excluding hydrogens is 663 g/mol. The molecule has 0 spiro atoms. The number of benzene rings is 7. The van der Waals surface area contributed by atoms with Crippen LogP contribution >= 0.6 is 0 Å². The molecule has 252 valence electrons. The predicted molar refractivity (Wildman–Crippen MR) is 216 cm³/mol. The minimum absolute atomic E-state index is 0.0464. The second-order valence-corrected chi connectivity index (χ2v) is 14.2. The zero-order valence-electron chi connectivity index (χ0n) is 28.9. The van der Waals surface area contributed by atoms with Crippen molar-refractivity contribution in [1.29, 1.82) is 0 Å². The van der Waals surface area contributed by atoms with E-state index in [0.29, 0.717) is 17.5 Å². The van der Waals surface area contributed by atoms with E-state index in [4.69, 9.17) is 24.1 Å². The van der Waals surface area contributed by atoms with E-state index in [2.05, 4.69) is 103 Å². The summed E-state index contributed by atoms with van der Waals surface area (Å²) in [6.07, 6.45) is 8.41. The lowest BCUT2D eigenvalue weighted by atomic mass is 9.88. The highest BCUT2D eigenvalue weighted by Crippen LogP contribution is 2.50. The third-order valence-electron chi connectivity index (χ3n) is 11.3. The van der Waals surface area contributed by atoms with Crippen LogP contribution in [0, 0.1) is 0 Å². The van der Waals surface area contributed by atoms with E-state index < -0.39 is 0 Å². The normalized spacial score (nSPS) is 16.1. The summed E-state index contributed by atoms with van der Waals surface area (Å²) >= 11 is 0. The van der Waals surface area contributed by atoms with Crippen LogP contribution in [-0.4, -0.2) is 21.1 Å². The Morgan fingerprint density at radius 3 is 2.00 bits per heavy atom. The molecule has 3 aliphatic rings. The first kappa shape index (κ1) is 29.5. The third-order valence-corrected chi connectivity index (χ3v) is 11.3. The number of nitrogens with zero attached hydrogens (tertiary/aromatic N) is 3. The molecule has 7 aromatic carbocycles. The van der Waals surface area contributed by atoms with Gasteiger partial charge in [-0.3, -0.25) is 0 Å². The van der Waals surface area contributed by atoms with E-state index in [1.54, 1.807) is 0 Å². The monoisotopic (exact) mass is 691 g/mol. The van der Waals surface area contributed by atoms with Gasteiger partial charge in [-0.25, -0.2) is 15.0 Å². The molecule has 5 heteroatoms. The van der Waals surface area contributed by atoms with Gasteiger partial charge < -0.3 is 9.15 Å². The molecule has 0 saturated heterocycles. The van der Waals surface area contributed by atoms with Crippen LogP contribution in [0.2, 0.25) is 0 Å². The zero-order chi connectivity index (χ0) is 35.3. The Kier molecular flexibility index (Phi) is 6.11. The lowest BCUT2D eigenvalue weighted by Gasteiger charge is -2.16. The van der Waals surface area contributed by atoms with Crippen molar-refractivity contribution in [3.05, 3.63) is 169 Å². The first-order chi connectivity index (χ1) is 26.8. The summed E-state index contributed by atoms with van der Waals surface area (Å²) in [6, 6.07) is 48.9. The standard InChI is InChI=1S/C49H29N3O2/c1-2-11-28(12-3-1)47-50-48(37-18-9-21-42-45(37)36-15-6-7-20-40(36)53-42)52-49(51-47)38-19-10-22-43-46(38)39-27-29(23-26-41(39)54-43)30-24-25-35-32-14-5-4-13-31(32)34-17-8-16-33(30)44(34)35/h1-27,36,40H. The summed E-state index contributed by atoms with van der Waals surface area (Å²) in [4.78, 5) is 15.5. The zero-order valence-corrected chi connectivity index (χ0v) is 28.9. The number of hydrogen-bond acceptors (Lipinski definition) is 5. The lowest BCUT2D eigenvalue weighted by Crippen LogP contribution is -2.16. The Morgan fingerprint density at radius 1 is 0.426 bits per heavy atom. The van der Waals surface area contributed by atoms with Crippen molar-refractivity contribution in [3.63, 3.8) is 0 Å². The number of allylic oxidation sites excluding steroid dienone is 2. The molecule has 54 heavy (non-hydrogen) atoms. The van der Waals surface area contributed by atoms with Gasteiger partial charge in [0.15, 0.2) is 17.5 Å². The summed E-state index contributed by atoms with van der Waals surface area (Å²) in [5.41, 5.74) is 13.0. The third kappa shape index (κ3) is 4.24. The van der Waals surface area contributed by atoms with E-state index in [-0.39, 0.29) is 12.0 Å². The molecule has 2 aliphatic carbocycles. The smallest absolute Gasteiger partial charge is 0.164 e. The Balaban J connectivity index is 1.06. The van der Waals surface area contributed by atoms with Crippen LogP contribution in [0.4, 0.5) is 0 Å². The topological polar surface area (TPSA) is 61.0 Å². The molecule has 2 atom stereocenters. The van der Waals surface area contributed by atoms with Gasteiger partial charge in [0.2, 0.25) is 0 Å². The Bertz CT molecular complexity index is 3070. The second kappa shape index (κ2) is 11.2. The van der Waals surface area contributed by atoms with Crippen LogP contribution < -0.4 is 4.74 Å². The Hall–Kier alpha value is -7.11. The van der Waals surface area contributed by atoms with Gasteiger partial charge in [0, 0.05) is 38.9 Å². The van der Waals surface area contributed by atoms with Crippen LogP contribution in [0.1, 0.15) is 11.5 Å². The van der Waals surface area contributed by atoms with Gasteiger partial charge >= 0.3 is 0 Å². The molecule has 3 heterocycles. The summed E-state index contributed by atoms with van der Waals surface area (Å²) in [7, 11) is 0. The van der Waals surface area contributed by atoms with Crippen molar-refractivity contribution in [2.75, 3.05) is 0 Å². The number of fused-ring (bicyclic) bond motifs is 9. The molecule has 2 aromatic heterocycles. The maximum atomic E-state index is 6.53. The number of ether oxygens (including phenoxy) is 1. The summed E-state index contributed by atoms with van der Waals surface area (Å²) in [6.45, 7) is 0. The van der Waals surface area contributed by atoms with Crippen molar-refractivity contribution in [1.82, 2.24) is 15.0 Å². The SMILES string of the molecule is C1=CC2Oc3cccc(-c4nc(-c5ccccc5)nc(-c5cccc6oc7ccc(-c8ccc9c%10c(cccc8%10)-c8ccccc8-9)cc7c56)n4)c3C2C=C1. The van der Waals surface area contributed by atoms with E-state index in [9.17, 15) is 0 Å². The quantitative estimate of drug-likeness (QED) is 0.184. The molecule has 0 saturated carbocycles. The molecule has 12 rings (SSSR count). The molecule has 2 unspecified atom stereocenters. The van der Waals surface area contributed by atoms with E-state index >= 15 is 0 Å². The summed E-state index contributed by atoms with van der Waals surface area (Å²) < 4.78 is 12.9. The number of hydrogen-bond donors (Lipinski definition) is 0. The minimum Gasteiger partial charge on any atom is -0.485 e. The van der Waals surface area contributed by atoms with Gasteiger partial charge in [-0.1, -0.05) is 133 Å². The Labute approximate surface area is 310 Å². The number of aromatic nitrogens is 3. The van der Waals surface area contributed by atoms with Crippen LogP contribution in [0.25, 0.3) is 100 Å². The molecule has 9 aromatic rings. The summed E-state index contributed by atoms with van der Waals surface area (Å²) in [5.74, 6) is 2.77. The maximum absolute atomic E-state index is 6.53. The van der Waals surface area contributed by atoms with E-state index in [1.165, 1.54) is 38.6 Å². The lowest BCUT2D eigenvalue weighted by molar-refractivity contribution is 0.269. The minimum atomic E-state index is -0.0464. The van der Waals surface area contributed by atoms with Crippen molar-refractivity contribution >= 4 is 32.7 Å². The van der Waals surface area contributed by atoms with Gasteiger partial charge in [0.05, 0.1) is 0 Å². The van der Waals surface area contributed by atoms with E-state index in [1.807, 2.05) is 60.7 Å². The average molecular weight is 692 g/mol. The number of rotatable bonds is 4. The largest absolute Gasteiger partial charge is 0.485 e. The molecule has 0 bridgehead atoms. The highest BCUT2D eigenvalue weighted by Gasteiger charge is 2.35. The van der Waals surface area contributed by atoms with Gasteiger partial charge in [0.25, 0.3) is 0 Å². The molecule has 1 aliphatic heterocycles. The molecule has 0 N–H and O–H groups in total. The average Bonchev–Trinajstić information content (AvgIpc) is 3.91. The fourth-order valence-corrected chi connectivity index (χ4v) is 8.87. The van der Waals surface area contributed by atoms with Crippen molar-refractivity contribution in [2.45, 2.75) is 12.0 Å². The molecule has 0 amide bonds. The van der Waals surface area contributed by atoms with Crippen molar-refractivity contribution in [2.24, 2.45) is 0 Å². The van der Waals surface area contributed by atoms with Gasteiger partial charge in [-0.15, -0.1) is 0 Å². The first-order valence-corrected chi connectivity index (χ1v) is 18.3. The van der Waals surface area contributed by atoms with Crippen LogP contribution in [0.5, 0.6) is 5.75 Å². The number of furan rings is 1. The van der Waals surface area contributed by atoms with Crippen LogP contribution in [-0.2, 0) is 0 Å². The van der Waals surface area contributed by atoms with Crippen molar-refractivity contribution in [3.8, 4) is 73.3 Å². The fourth-order valence-electron chi connectivity index (χ4n) is 8.87. The second-order valence-electron chi connectivity index (χ2n) is 14.2. The molecular formula is C49H29N3O2. The molecule has 0 fully saturated rings. The first-order valence-electron chi connectivity index (χ1n) is 18.3. The van der Waals surface area contributed by atoms with Crippen molar-refractivity contribution < 1.29 is 9.15 Å². The summed E-state index contributed by atoms with van der Waals surface area (Å²) in [5, 5.41) is 4.55. The van der Waals surface area contributed by atoms with Crippen LogP contribution in [0.15, 0.2) is 168 Å². The van der Waals surface area contributed by atoms with Crippen LogP contribution in [0.3, 0.4) is 0 Å². The maximum Gasteiger partial charge on any atom is 0.164 e. The molecule has 0 radical (unpaired) electrons. The molecule has 5 nitrogen and oxygen atoms in total. The fraction of sp³-hybridized carbons (Fsp3) is 0.0408. The van der Waals surface area contributed by atoms with Gasteiger partial charge in [-0.2, -0.15) is 0 Å². The van der Waals surface area contributed by atoms with Gasteiger partial charge in [-0.05, 0) is 74.5 Å². The van der Waals surface area contributed by atoms with Gasteiger partial charge in [0.1, 0.15) is 23.0 Å².